The zero-order valence-corrected chi connectivity index (χ0v) is 54.7. The number of ether oxygens (including phenoxy) is 2. The van der Waals surface area contributed by atoms with E-state index in [4.69, 9.17) is 9.47 Å². The van der Waals surface area contributed by atoms with Gasteiger partial charge in [0.1, 0.15) is 6.61 Å². The summed E-state index contributed by atoms with van der Waals surface area (Å²) >= 11 is 0. The van der Waals surface area contributed by atoms with E-state index in [0.717, 1.165) is 103 Å². The third-order valence-electron chi connectivity index (χ3n) is 15.5. The van der Waals surface area contributed by atoms with E-state index >= 15 is 0 Å². The van der Waals surface area contributed by atoms with Crippen LogP contribution in [0.3, 0.4) is 0 Å². The topological polar surface area (TPSA) is 72.8 Å². The van der Waals surface area contributed by atoms with E-state index in [0.29, 0.717) is 12.8 Å². The number of allylic oxidation sites excluding steroid dienone is 20. The van der Waals surface area contributed by atoms with E-state index in [1.165, 1.54) is 212 Å². The number of rotatable bonds is 65. The SMILES string of the molecule is CC/C=C\C/C=C\C/C=C\C/C=C\C/C=C\C/C=C\C/C=C\C/C=C\C/C=C\C/C=C\CCCCCCCCCCCCC(=O)OC(CO)COC(=O)CCCCCCCCCCCCCCCCCCCCCCCCCCCCCC. The Morgan fingerprint density at radius 2 is 0.518 bits per heavy atom. The third kappa shape index (κ3) is 70.7. The zero-order chi connectivity index (χ0) is 59.8. The molecule has 5 heteroatoms. The number of esters is 2. The number of aliphatic hydroxyl groups excluding tert-OH is 1. The van der Waals surface area contributed by atoms with Crippen molar-refractivity contribution in [1.82, 2.24) is 0 Å². The van der Waals surface area contributed by atoms with Crippen molar-refractivity contribution in [3.63, 3.8) is 0 Å². The highest BCUT2D eigenvalue weighted by Crippen LogP contribution is 2.18. The maximum absolute atomic E-state index is 12.4. The van der Waals surface area contributed by atoms with E-state index < -0.39 is 6.10 Å². The van der Waals surface area contributed by atoms with Crippen molar-refractivity contribution in [1.29, 1.82) is 0 Å². The fourth-order valence-corrected chi connectivity index (χ4v) is 10.2. The molecule has 0 aliphatic heterocycles. The van der Waals surface area contributed by atoms with Crippen LogP contribution in [0.5, 0.6) is 0 Å². The number of unbranched alkanes of at least 4 members (excludes halogenated alkanes) is 37. The Labute approximate surface area is 515 Å². The predicted octanol–water partition coefficient (Wildman–Crippen LogP) is 24.9. The molecule has 0 heterocycles. The molecule has 476 valence electrons. The molecule has 0 fully saturated rings. The van der Waals surface area contributed by atoms with Crippen LogP contribution in [0.4, 0.5) is 0 Å². The van der Waals surface area contributed by atoms with Gasteiger partial charge >= 0.3 is 11.9 Å². The van der Waals surface area contributed by atoms with Gasteiger partial charge in [-0.25, -0.2) is 0 Å². The van der Waals surface area contributed by atoms with Crippen LogP contribution in [0.15, 0.2) is 122 Å². The molecule has 1 N–H and O–H groups in total. The molecule has 0 radical (unpaired) electrons. The number of hydrogen-bond donors (Lipinski definition) is 1. The molecule has 1 atom stereocenters. The van der Waals surface area contributed by atoms with Gasteiger partial charge in [0.15, 0.2) is 6.10 Å². The van der Waals surface area contributed by atoms with Gasteiger partial charge < -0.3 is 14.6 Å². The van der Waals surface area contributed by atoms with Gasteiger partial charge in [0.2, 0.25) is 0 Å². The average Bonchev–Trinajstić information content (AvgIpc) is 3.49. The fourth-order valence-electron chi connectivity index (χ4n) is 10.2. The first-order valence-electron chi connectivity index (χ1n) is 35.6. The van der Waals surface area contributed by atoms with Crippen LogP contribution >= 0.6 is 0 Å². The lowest BCUT2D eigenvalue weighted by Gasteiger charge is -2.15. The van der Waals surface area contributed by atoms with Gasteiger partial charge in [-0.3, -0.25) is 9.59 Å². The minimum Gasteiger partial charge on any atom is -0.462 e. The van der Waals surface area contributed by atoms with Gasteiger partial charge in [0.25, 0.3) is 0 Å². The van der Waals surface area contributed by atoms with E-state index in [9.17, 15) is 14.7 Å². The Bertz CT molecular complexity index is 1640. The number of carbonyl (C=O) groups excluding carboxylic acids is 2. The maximum Gasteiger partial charge on any atom is 0.306 e. The Morgan fingerprint density at radius 3 is 0.783 bits per heavy atom. The van der Waals surface area contributed by atoms with E-state index in [1.807, 2.05) is 0 Å². The second-order valence-corrected chi connectivity index (χ2v) is 23.6. The Kier molecular flexibility index (Phi) is 69.3. The molecular weight excluding hydrogens is 1020 g/mol. The van der Waals surface area contributed by atoms with E-state index in [2.05, 4.69) is 135 Å². The first-order valence-corrected chi connectivity index (χ1v) is 35.6. The summed E-state index contributed by atoms with van der Waals surface area (Å²) in [4.78, 5) is 24.7. The van der Waals surface area contributed by atoms with E-state index in [1.54, 1.807) is 0 Å². The van der Waals surface area contributed by atoms with Gasteiger partial charge in [-0.2, -0.15) is 0 Å². The summed E-state index contributed by atoms with van der Waals surface area (Å²) in [6.07, 6.45) is 107. The summed E-state index contributed by atoms with van der Waals surface area (Å²) in [5.41, 5.74) is 0. The predicted molar refractivity (Wildman–Crippen MR) is 366 cm³/mol. The molecule has 0 aromatic carbocycles. The lowest BCUT2D eigenvalue weighted by atomic mass is 10.0. The van der Waals surface area contributed by atoms with Crippen molar-refractivity contribution < 1.29 is 24.2 Å². The molecular formula is C78H134O5. The average molecular weight is 1150 g/mol. The van der Waals surface area contributed by atoms with E-state index in [-0.39, 0.29) is 25.2 Å². The highest BCUT2D eigenvalue weighted by atomic mass is 16.6. The van der Waals surface area contributed by atoms with Gasteiger partial charge in [0.05, 0.1) is 6.61 Å². The van der Waals surface area contributed by atoms with Crippen molar-refractivity contribution in [2.45, 2.75) is 347 Å². The molecule has 0 aliphatic carbocycles. The number of carbonyl (C=O) groups is 2. The van der Waals surface area contributed by atoms with Crippen LogP contribution in [0.1, 0.15) is 341 Å². The molecule has 0 saturated carbocycles. The first-order chi connectivity index (χ1) is 41.1. The van der Waals surface area contributed by atoms with Crippen molar-refractivity contribution in [3.8, 4) is 0 Å². The molecule has 83 heavy (non-hydrogen) atoms. The molecule has 0 rings (SSSR count). The third-order valence-corrected chi connectivity index (χ3v) is 15.5. The van der Waals surface area contributed by atoms with Crippen molar-refractivity contribution in [2.24, 2.45) is 0 Å². The highest BCUT2D eigenvalue weighted by molar-refractivity contribution is 5.70. The Balaban J connectivity index is 3.51. The number of hydrogen-bond acceptors (Lipinski definition) is 5. The summed E-state index contributed by atoms with van der Waals surface area (Å²) in [5, 5.41) is 9.70. The summed E-state index contributed by atoms with van der Waals surface area (Å²) in [6, 6.07) is 0. The fraction of sp³-hybridized carbons (Fsp3) is 0.718. The first kappa shape index (κ1) is 79.3. The monoisotopic (exact) mass is 1150 g/mol. The zero-order valence-electron chi connectivity index (χ0n) is 54.7. The summed E-state index contributed by atoms with van der Waals surface area (Å²) in [5.74, 6) is -0.586. The van der Waals surface area contributed by atoms with Gasteiger partial charge in [-0.05, 0) is 89.9 Å². The molecule has 0 bridgehead atoms. The Morgan fingerprint density at radius 1 is 0.289 bits per heavy atom. The molecule has 0 aromatic rings. The minimum atomic E-state index is -0.781. The lowest BCUT2D eigenvalue weighted by molar-refractivity contribution is -0.161. The van der Waals surface area contributed by atoms with Crippen molar-refractivity contribution >= 4 is 11.9 Å². The molecule has 5 nitrogen and oxygen atoms in total. The van der Waals surface area contributed by atoms with Crippen molar-refractivity contribution in [3.05, 3.63) is 122 Å². The minimum absolute atomic E-state index is 0.0687. The van der Waals surface area contributed by atoms with Crippen LogP contribution in [0, 0.1) is 0 Å². The molecule has 0 amide bonds. The largest absolute Gasteiger partial charge is 0.462 e. The molecule has 1 unspecified atom stereocenters. The lowest BCUT2D eigenvalue weighted by Crippen LogP contribution is -2.28. The summed E-state index contributed by atoms with van der Waals surface area (Å²) in [6.45, 7) is 4.06. The standard InChI is InChI=1S/C78H134O5/c1-3-5-7-9-11-13-15-17-19-21-23-25-27-29-31-33-34-35-36-37-38-39-40-41-42-43-44-45-47-49-51-53-55-57-59-61-63-65-67-69-71-73-78(81)83-76(74-79)75-82-77(80)72-70-68-66-64-62-60-58-56-54-52-50-48-46-32-30-28-26-24-22-20-18-16-14-12-10-8-6-4-2/h5,7,11,13,17,19,23,25,29,31,34-35,37-38,40-41,43-44,47,49,76,79H,3-4,6,8-10,12,14-16,18,20-22,24,26-28,30,32-33,36,39,42,45-46,48,50-75H2,1-2H3/b7-5-,13-11-,19-17-,25-23-,31-29-,35-34-,38-37-,41-40-,44-43-,49-47-. The van der Waals surface area contributed by atoms with Crippen LogP contribution in [-0.2, 0) is 19.1 Å². The molecule has 0 aromatic heterocycles. The van der Waals surface area contributed by atoms with Gasteiger partial charge in [0, 0.05) is 12.8 Å². The van der Waals surface area contributed by atoms with Crippen LogP contribution in [-0.4, -0.2) is 36.4 Å². The number of aliphatic hydroxyl groups is 1. The van der Waals surface area contributed by atoms with Crippen LogP contribution in [0.25, 0.3) is 0 Å². The highest BCUT2D eigenvalue weighted by Gasteiger charge is 2.16. The van der Waals surface area contributed by atoms with Crippen LogP contribution in [0.2, 0.25) is 0 Å². The second-order valence-electron chi connectivity index (χ2n) is 23.6. The Hall–Kier alpha value is -3.70. The second kappa shape index (κ2) is 72.6. The summed E-state index contributed by atoms with van der Waals surface area (Å²) < 4.78 is 10.8. The molecule has 0 saturated heterocycles. The quantitative estimate of drug-likeness (QED) is 0.0373. The summed E-state index contributed by atoms with van der Waals surface area (Å²) in [7, 11) is 0. The van der Waals surface area contributed by atoms with Crippen molar-refractivity contribution in [2.75, 3.05) is 13.2 Å². The molecule has 0 aliphatic rings. The van der Waals surface area contributed by atoms with Gasteiger partial charge in [-0.15, -0.1) is 0 Å². The van der Waals surface area contributed by atoms with Crippen LogP contribution < -0.4 is 0 Å². The maximum atomic E-state index is 12.4. The normalized spacial score (nSPS) is 13.0. The smallest absolute Gasteiger partial charge is 0.306 e. The molecule has 0 spiro atoms. The van der Waals surface area contributed by atoms with Gasteiger partial charge in [-0.1, -0.05) is 360 Å².